The molecule has 1 fully saturated rings. The molecule has 4 rings (SSSR count). The number of halogens is 3. The summed E-state index contributed by atoms with van der Waals surface area (Å²) in [5.41, 5.74) is 2.08. The zero-order valence-electron chi connectivity index (χ0n) is 17.3. The van der Waals surface area contributed by atoms with Gasteiger partial charge in [0.1, 0.15) is 5.69 Å². The van der Waals surface area contributed by atoms with E-state index in [9.17, 15) is 22.0 Å². The molecule has 3 aromatic rings. The number of hydrogen-bond acceptors (Lipinski definition) is 4. The van der Waals surface area contributed by atoms with Gasteiger partial charge < -0.3 is 5.32 Å². The normalized spacial score (nSPS) is 14.2. The molecule has 1 aliphatic rings. The van der Waals surface area contributed by atoms with Gasteiger partial charge in [-0.25, -0.2) is 13.1 Å². The molecular formula is C21H21BrF2N4O3S. The molecule has 0 saturated heterocycles. The van der Waals surface area contributed by atoms with Crippen molar-refractivity contribution in [1.29, 1.82) is 0 Å². The first kappa shape index (κ1) is 22.7. The van der Waals surface area contributed by atoms with Gasteiger partial charge in [-0.05, 0) is 67.6 Å². The van der Waals surface area contributed by atoms with Crippen LogP contribution in [0.5, 0.6) is 0 Å². The summed E-state index contributed by atoms with van der Waals surface area (Å²) in [5.74, 6) is -3.85. The molecule has 1 saturated carbocycles. The van der Waals surface area contributed by atoms with E-state index in [0.29, 0.717) is 22.2 Å². The van der Waals surface area contributed by atoms with Crippen LogP contribution < -0.4 is 9.62 Å². The average molecular weight is 527 g/mol. The van der Waals surface area contributed by atoms with E-state index < -0.39 is 15.8 Å². The Morgan fingerprint density at radius 3 is 2.47 bits per heavy atom. The molecule has 32 heavy (non-hydrogen) atoms. The van der Waals surface area contributed by atoms with E-state index in [4.69, 9.17) is 0 Å². The molecule has 1 amide bonds. The van der Waals surface area contributed by atoms with Gasteiger partial charge in [-0.2, -0.15) is 13.9 Å². The standard InChI is InChI=1S/C21H21BrF2N4O3S/c1-3-27(32(30,31)21(23)24)18-11-17-16(10-15(18)12-4-5-12)19(20(29)25-2)28(26-17)14-8-6-13(22)7-9-14/h6-12,21H,3-5H2,1-2H3,(H,25,29). The highest BCUT2D eigenvalue weighted by Gasteiger charge is 2.36. The molecule has 1 N–H and O–H groups in total. The Bertz CT molecular complexity index is 1290. The highest BCUT2D eigenvalue weighted by atomic mass is 79.9. The summed E-state index contributed by atoms with van der Waals surface area (Å²) in [6.07, 6.45) is 1.64. The summed E-state index contributed by atoms with van der Waals surface area (Å²) in [6.45, 7) is 1.37. The third-order valence-corrected chi connectivity index (χ3v) is 7.49. The van der Waals surface area contributed by atoms with Gasteiger partial charge in [0.15, 0.2) is 0 Å². The zero-order valence-corrected chi connectivity index (χ0v) is 19.8. The molecule has 2 aromatic carbocycles. The third-order valence-electron chi connectivity index (χ3n) is 5.44. The van der Waals surface area contributed by atoms with Crippen LogP contribution in [0.15, 0.2) is 40.9 Å². The Morgan fingerprint density at radius 2 is 1.94 bits per heavy atom. The van der Waals surface area contributed by atoms with E-state index in [1.807, 2.05) is 12.1 Å². The minimum atomic E-state index is -4.84. The quantitative estimate of drug-likeness (QED) is 0.494. The van der Waals surface area contributed by atoms with Gasteiger partial charge in [0.2, 0.25) is 0 Å². The molecule has 7 nitrogen and oxygen atoms in total. The SMILES string of the molecule is CCN(c1cc2nn(-c3ccc(Br)cc3)c(C(=O)NC)c2cc1C1CC1)S(=O)(=O)C(F)F. The summed E-state index contributed by atoms with van der Waals surface area (Å²) in [4.78, 5) is 12.8. The number of alkyl halides is 2. The fourth-order valence-electron chi connectivity index (χ4n) is 3.77. The highest BCUT2D eigenvalue weighted by Crippen LogP contribution is 2.47. The number of anilines is 1. The van der Waals surface area contributed by atoms with Gasteiger partial charge in [0, 0.05) is 23.5 Å². The van der Waals surface area contributed by atoms with Gasteiger partial charge in [-0.15, -0.1) is 0 Å². The first-order valence-corrected chi connectivity index (χ1v) is 12.3. The van der Waals surface area contributed by atoms with Gasteiger partial charge in [0.25, 0.3) is 15.9 Å². The molecule has 1 heterocycles. The van der Waals surface area contributed by atoms with Crippen molar-refractivity contribution >= 4 is 48.5 Å². The summed E-state index contributed by atoms with van der Waals surface area (Å²) in [6, 6.07) is 10.4. The fourth-order valence-corrected chi connectivity index (χ4v) is 5.01. The van der Waals surface area contributed by atoms with Crippen LogP contribution in [-0.2, 0) is 10.0 Å². The van der Waals surface area contributed by atoms with E-state index in [1.165, 1.54) is 24.7 Å². The van der Waals surface area contributed by atoms with Crippen molar-refractivity contribution in [2.75, 3.05) is 17.9 Å². The molecule has 170 valence electrons. The van der Waals surface area contributed by atoms with Crippen LogP contribution in [0.4, 0.5) is 14.5 Å². The molecule has 0 atom stereocenters. The summed E-state index contributed by atoms with van der Waals surface area (Å²) in [5, 5.41) is 7.69. The van der Waals surface area contributed by atoms with Crippen molar-refractivity contribution in [2.24, 2.45) is 0 Å². The Labute approximate surface area is 192 Å². The molecule has 0 spiro atoms. The summed E-state index contributed by atoms with van der Waals surface area (Å²) >= 11 is 3.38. The number of benzene rings is 2. The van der Waals surface area contributed by atoms with E-state index in [2.05, 4.69) is 26.3 Å². The lowest BCUT2D eigenvalue weighted by Crippen LogP contribution is -2.35. The number of hydrogen-bond donors (Lipinski definition) is 1. The number of carbonyl (C=O) groups excluding carboxylic acids is 1. The van der Waals surface area contributed by atoms with Gasteiger partial charge >= 0.3 is 5.76 Å². The van der Waals surface area contributed by atoms with Gasteiger partial charge in [-0.3, -0.25) is 9.10 Å². The van der Waals surface area contributed by atoms with Crippen molar-refractivity contribution in [3.05, 3.63) is 52.1 Å². The smallest absolute Gasteiger partial charge is 0.354 e. The molecule has 0 radical (unpaired) electrons. The van der Waals surface area contributed by atoms with Gasteiger partial charge in [0.05, 0.1) is 16.9 Å². The van der Waals surface area contributed by atoms with Crippen LogP contribution in [0.2, 0.25) is 0 Å². The fraction of sp³-hybridized carbons (Fsp3) is 0.333. The number of fused-ring (bicyclic) bond motifs is 1. The second kappa shape index (κ2) is 8.43. The van der Waals surface area contributed by atoms with E-state index in [-0.39, 0.29) is 29.8 Å². The number of rotatable bonds is 7. The molecule has 1 aliphatic carbocycles. The van der Waals surface area contributed by atoms with Crippen molar-refractivity contribution in [2.45, 2.75) is 31.4 Å². The number of carbonyl (C=O) groups is 1. The topological polar surface area (TPSA) is 84.3 Å². The Balaban J connectivity index is 2.00. The van der Waals surface area contributed by atoms with Gasteiger partial charge in [-0.1, -0.05) is 15.9 Å². The predicted molar refractivity (Wildman–Crippen MR) is 122 cm³/mol. The molecule has 0 unspecified atom stereocenters. The second-order valence-corrected chi connectivity index (χ2v) is 10.2. The van der Waals surface area contributed by atoms with E-state index >= 15 is 0 Å². The summed E-state index contributed by atoms with van der Waals surface area (Å²) in [7, 11) is -3.33. The lowest BCUT2D eigenvalue weighted by atomic mass is 10.0. The third kappa shape index (κ3) is 3.88. The number of aromatic nitrogens is 2. The summed E-state index contributed by atoms with van der Waals surface area (Å²) < 4.78 is 54.5. The van der Waals surface area contributed by atoms with E-state index in [1.54, 1.807) is 18.2 Å². The molecule has 1 aromatic heterocycles. The number of amides is 1. The van der Waals surface area contributed by atoms with Crippen LogP contribution in [0.3, 0.4) is 0 Å². The number of nitrogens with one attached hydrogen (secondary N) is 1. The lowest BCUT2D eigenvalue weighted by molar-refractivity contribution is 0.0957. The second-order valence-electron chi connectivity index (χ2n) is 7.49. The first-order valence-electron chi connectivity index (χ1n) is 10.0. The lowest BCUT2D eigenvalue weighted by Gasteiger charge is -2.25. The maximum Gasteiger partial charge on any atom is 0.355 e. The predicted octanol–water partition coefficient (Wildman–Crippen LogP) is 4.40. The number of nitrogens with zero attached hydrogens (tertiary/aromatic N) is 3. The maximum atomic E-state index is 13.4. The monoisotopic (exact) mass is 526 g/mol. The maximum absolute atomic E-state index is 13.4. The highest BCUT2D eigenvalue weighted by molar-refractivity contribution is 9.10. The zero-order chi connectivity index (χ0) is 23.2. The van der Waals surface area contributed by atoms with Crippen molar-refractivity contribution in [1.82, 2.24) is 15.1 Å². The minimum Gasteiger partial charge on any atom is -0.354 e. The van der Waals surface area contributed by atoms with Crippen molar-refractivity contribution in [3.63, 3.8) is 0 Å². The first-order chi connectivity index (χ1) is 15.2. The minimum absolute atomic E-state index is 0.0462. The van der Waals surface area contributed by atoms with Crippen LogP contribution in [0.1, 0.15) is 41.7 Å². The largest absolute Gasteiger partial charge is 0.355 e. The van der Waals surface area contributed by atoms with Crippen LogP contribution in [0.25, 0.3) is 16.6 Å². The average Bonchev–Trinajstić information content (AvgIpc) is 3.54. The number of sulfonamides is 1. The van der Waals surface area contributed by atoms with E-state index in [0.717, 1.165) is 21.6 Å². The Hall–Kier alpha value is -2.53. The molecule has 0 aliphatic heterocycles. The Kier molecular flexibility index (Phi) is 5.97. The van der Waals surface area contributed by atoms with Crippen molar-refractivity contribution < 1.29 is 22.0 Å². The van der Waals surface area contributed by atoms with Crippen molar-refractivity contribution in [3.8, 4) is 5.69 Å². The molecule has 11 heteroatoms. The molecule has 0 bridgehead atoms. The van der Waals surface area contributed by atoms with Crippen LogP contribution >= 0.6 is 15.9 Å². The van der Waals surface area contributed by atoms with Crippen LogP contribution in [0, 0.1) is 0 Å². The van der Waals surface area contributed by atoms with Crippen LogP contribution in [-0.4, -0.2) is 43.5 Å². The molecular weight excluding hydrogens is 506 g/mol. The Morgan fingerprint density at radius 1 is 1.28 bits per heavy atom.